The number of nitrogens with one attached hydrogen (secondary N) is 1. The molecular weight excluding hydrogens is 260 g/mol. The first-order chi connectivity index (χ1) is 9.90. The number of hydrogen-bond acceptors (Lipinski definition) is 2. The van der Waals surface area contributed by atoms with Crippen LogP contribution in [0.2, 0.25) is 0 Å². The summed E-state index contributed by atoms with van der Waals surface area (Å²) in [6.45, 7) is 6.44. The number of carbonyl (C=O) groups excluding carboxylic acids is 1. The highest BCUT2D eigenvalue weighted by Crippen LogP contribution is 2.23. The van der Waals surface area contributed by atoms with Crippen molar-refractivity contribution in [3.05, 3.63) is 65.2 Å². The molecule has 0 aliphatic carbocycles. The number of hydrogen-bond donors (Lipinski definition) is 1. The normalized spacial score (nSPS) is 10.8. The van der Waals surface area contributed by atoms with Gasteiger partial charge in [0.2, 0.25) is 0 Å². The number of nitrogens with zero attached hydrogens (tertiary/aromatic N) is 1. The summed E-state index contributed by atoms with van der Waals surface area (Å²) >= 11 is 0. The highest BCUT2D eigenvalue weighted by molar-refractivity contribution is 6.04. The third-order valence-electron chi connectivity index (χ3n) is 3.26. The van der Waals surface area contributed by atoms with Gasteiger partial charge in [0.25, 0.3) is 5.91 Å². The van der Waals surface area contributed by atoms with Gasteiger partial charge in [0, 0.05) is 11.3 Å². The lowest BCUT2D eigenvalue weighted by Crippen LogP contribution is -2.13. The minimum absolute atomic E-state index is 0.0870. The Bertz CT molecular complexity index is 688. The third kappa shape index (κ3) is 3.70. The third-order valence-corrected chi connectivity index (χ3v) is 3.26. The van der Waals surface area contributed by atoms with Gasteiger partial charge in [0.1, 0.15) is 0 Å². The lowest BCUT2D eigenvalue weighted by molar-refractivity contribution is 0.102. The van der Waals surface area contributed by atoms with E-state index >= 15 is 0 Å². The molecule has 0 radical (unpaired) electrons. The van der Waals surface area contributed by atoms with E-state index < -0.39 is 0 Å². The maximum absolute atomic E-state index is 12.1. The summed E-state index contributed by atoms with van der Waals surface area (Å²) in [5, 5.41) is 11.7. The zero-order valence-corrected chi connectivity index (χ0v) is 12.5. The van der Waals surface area contributed by atoms with Gasteiger partial charge < -0.3 is 5.32 Å². The predicted molar refractivity (Wildman–Crippen MR) is 84.3 cm³/mol. The van der Waals surface area contributed by atoms with Crippen molar-refractivity contribution in [3.63, 3.8) is 0 Å². The van der Waals surface area contributed by atoms with Crippen molar-refractivity contribution in [1.82, 2.24) is 0 Å². The molecule has 0 saturated heterocycles. The predicted octanol–water partition coefficient (Wildman–Crippen LogP) is 4.11. The van der Waals surface area contributed by atoms with E-state index in [4.69, 9.17) is 5.26 Å². The lowest BCUT2D eigenvalue weighted by Gasteiger charge is -2.19. The van der Waals surface area contributed by atoms with Crippen molar-refractivity contribution in [2.75, 3.05) is 5.32 Å². The monoisotopic (exact) mass is 278 g/mol. The fourth-order valence-corrected chi connectivity index (χ4v) is 1.99. The SMILES string of the molecule is CC(C)(C)c1ccc(NC(=O)c2cccc(C#N)c2)cc1. The molecule has 2 aromatic rings. The van der Waals surface area contributed by atoms with Crippen LogP contribution in [0.4, 0.5) is 5.69 Å². The van der Waals surface area contributed by atoms with E-state index in [9.17, 15) is 4.79 Å². The van der Waals surface area contributed by atoms with E-state index in [1.807, 2.05) is 30.3 Å². The van der Waals surface area contributed by atoms with Crippen LogP contribution in [0.15, 0.2) is 48.5 Å². The molecule has 0 saturated carbocycles. The number of rotatable bonds is 2. The van der Waals surface area contributed by atoms with Crippen LogP contribution in [-0.2, 0) is 5.41 Å². The van der Waals surface area contributed by atoms with Gasteiger partial charge in [-0.3, -0.25) is 4.79 Å². The Morgan fingerprint density at radius 3 is 2.33 bits per heavy atom. The van der Waals surface area contributed by atoms with Crippen LogP contribution in [0.1, 0.15) is 42.3 Å². The number of anilines is 1. The fourth-order valence-electron chi connectivity index (χ4n) is 1.99. The van der Waals surface area contributed by atoms with Crippen LogP contribution >= 0.6 is 0 Å². The molecule has 0 bridgehead atoms. The van der Waals surface area contributed by atoms with Gasteiger partial charge in [0.15, 0.2) is 0 Å². The van der Waals surface area contributed by atoms with Crippen molar-refractivity contribution < 1.29 is 4.79 Å². The summed E-state index contributed by atoms with van der Waals surface area (Å²) in [7, 11) is 0. The number of benzene rings is 2. The van der Waals surface area contributed by atoms with Crippen LogP contribution in [0, 0.1) is 11.3 Å². The fraction of sp³-hybridized carbons (Fsp3) is 0.222. The standard InChI is InChI=1S/C18H18N2O/c1-18(2,3)15-7-9-16(10-8-15)20-17(21)14-6-4-5-13(11-14)12-19/h4-11H,1-3H3,(H,20,21). The quantitative estimate of drug-likeness (QED) is 0.898. The summed E-state index contributed by atoms with van der Waals surface area (Å²) in [5.74, 6) is -0.212. The molecule has 2 aromatic carbocycles. The average molecular weight is 278 g/mol. The van der Waals surface area contributed by atoms with Crippen molar-refractivity contribution in [2.24, 2.45) is 0 Å². The van der Waals surface area contributed by atoms with Crippen molar-refractivity contribution >= 4 is 11.6 Å². The zero-order valence-electron chi connectivity index (χ0n) is 12.5. The molecule has 0 heterocycles. The molecule has 0 spiro atoms. The van der Waals surface area contributed by atoms with E-state index in [2.05, 4.69) is 26.1 Å². The Hall–Kier alpha value is -2.60. The number of amides is 1. The van der Waals surface area contributed by atoms with E-state index in [1.165, 1.54) is 5.56 Å². The van der Waals surface area contributed by atoms with Crippen LogP contribution in [0.3, 0.4) is 0 Å². The first kappa shape index (κ1) is 14.8. The van der Waals surface area contributed by atoms with E-state index in [0.29, 0.717) is 11.1 Å². The molecule has 0 atom stereocenters. The molecule has 0 unspecified atom stereocenters. The Kier molecular flexibility index (Phi) is 4.09. The Balaban J connectivity index is 2.14. The molecule has 0 aliphatic rings. The second kappa shape index (κ2) is 5.80. The van der Waals surface area contributed by atoms with Crippen LogP contribution < -0.4 is 5.32 Å². The summed E-state index contributed by atoms with van der Waals surface area (Å²) in [6.07, 6.45) is 0. The lowest BCUT2D eigenvalue weighted by atomic mass is 9.87. The van der Waals surface area contributed by atoms with Gasteiger partial charge in [0.05, 0.1) is 11.6 Å². The average Bonchev–Trinajstić information content (AvgIpc) is 2.47. The molecule has 21 heavy (non-hydrogen) atoms. The molecule has 1 N–H and O–H groups in total. The first-order valence-corrected chi connectivity index (χ1v) is 6.82. The Morgan fingerprint density at radius 1 is 1.10 bits per heavy atom. The van der Waals surface area contributed by atoms with Gasteiger partial charge >= 0.3 is 0 Å². The van der Waals surface area contributed by atoms with Gasteiger partial charge in [-0.15, -0.1) is 0 Å². The molecule has 3 nitrogen and oxygen atoms in total. The van der Waals surface area contributed by atoms with Gasteiger partial charge in [-0.05, 0) is 41.3 Å². The van der Waals surface area contributed by atoms with Crippen molar-refractivity contribution in [3.8, 4) is 6.07 Å². The second-order valence-electron chi connectivity index (χ2n) is 5.97. The van der Waals surface area contributed by atoms with Crippen LogP contribution in [-0.4, -0.2) is 5.91 Å². The van der Waals surface area contributed by atoms with Crippen LogP contribution in [0.5, 0.6) is 0 Å². The molecule has 0 fully saturated rings. The molecular formula is C18H18N2O. The molecule has 3 heteroatoms. The first-order valence-electron chi connectivity index (χ1n) is 6.82. The van der Waals surface area contributed by atoms with Gasteiger partial charge in [-0.1, -0.05) is 39.0 Å². The largest absolute Gasteiger partial charge is 0.322 e. The molecule has 2 rings (SSSR count). The second-order valence-corrected chi connectivity index (χ2v) is 5.97. The topological polar surface area (TPSA) is 52.9 Å². The smallest absolute Gasteiger partial charge is 0.255 e. The molecule has 0 aliphatic heterocycles. The maximum Gasteiger partial charge on any atom is 0.255 e. The molecule has 1 amide bonds. The van der Waals surface area contributed by atoms with E-state index in [1.54, 1.807) is 24.3 Å². The summed E-state index contributed by atoms with van der Waals surface area (Å²) in [4.78, 5) is 12.1. The molecule has 0 aromatic heterocycles. The summed E-state index contributed by atoms with van der Waals surface area (Å²) in [5.41, 5.74) is 3.01. The Morgan fingerprint density at radius 2 is 1.76 bits per heavy atom. The number of nitriles is 1. The maximum atomic E-state index is 12.1. The van der Waals surface area contributed by atoms with Crippen molar-refractivity contribution in [1.29, 1.82) is 5.26 Å². The zero-order chi connectivity index (χ0) is 15.5. The van der Waals surface area contributed by atoms with E-state index in [0.717, 1.165) is 5.69 Å². The Labute approximate surface area is 125 Å². The minimum atomic E-state index is -0.212. The number of carbonyl (C=O) groups is 1. The summed E-state index contributed by atoms with van der Waals surface area (Å²) in [6, 6.07) is 16.5. The van der Waals surface area contributed by atoms with Gasteiger partial charge in [-0.25, -0.2) is 0 Å². The van der Waals surface area contributed by atoms with Crippen LogP contribution in [0.25, 0.3) is 0 Å². The van der Waals surface area contributed by atoms with Crippen molar-refractivity contribution in [2.45, 2.75) is 26.2 Å². The van der Waals surface area contributed by atoms with E-state index in [-0.39, 0.29) is 11.3 Å². The minimum Gasteiger partial charge on any atom is -0.322 e. The highest BCUT2D eigenvalue weighted by atomic mass is 16.1. The highest BCUT2D eigenvalue weighted by Gasteiger charge is 2.13. The summed E-state index contributed by atoms with van der Waals surface area (Å²) < 4.78 is 0. The van der Waals surface area contributed by atoms with Gasteiger partial charge in [-0.2, -0.15) is 5.26 Å². The molecule has 106 valence electrons.